The van der Waals surface area contributed by atoms with Gasteiger partial charge >= 0.3 is 12.0 Å². The Labute approximate surface area is 124 Å². The number of nitrogens with one attached hydrogen (secondary N) is 1. The summed E-state index contributed by atoms with van der Waals surface area (Å²) in [7, 11) is 0. The normalized spacial score (nSPS) is 42.1. The highest BCUT2D eigenvalue weighted by Crippen LogP contribution is 2.48. The maximum atomic E-state index is 12.4. The summed E-state index contributed by atoms with van der Waals surface area (Å²) in [5.74, 6) is -0.733. The molecule has 0 radical (unpaired) electrons. The number of urea groups is 1. The maximum Gasteiger partial charge on any atom is 0.317 e. The fourth-order valence-electron chi connectivity index (χ4n) is 4.48. The lowest BCUT2D eigenvalue weighted by Crippen LogP contribution is -2.56. The number of carbonyl (C=O) groups is 2. The lowest BCUT2D eigenvalue weighted by molar-refractivity contribution is -0.144. The number of amides is 2. The smallest absolute Gasteiger partial charge is 0.317 e. The van der Waals surface area contributed by atoms with E-state index in [9.17, 15) is 19.8 Å². The molecule has 0 aromatic carbocycles. The molecule has 0 aromatic heterocycles. The molecule has 2 amide bonds. The summed E-state index contributed by atoms with van der Waals surface area (Å²) in [6, 6.07) is -0.473. The molecule has 3 aliphatic rings. The molecule has 118 valence electrons. The van der Waals surface area contributed by atoms with Gasteiger partial charge in [0.05, 0.1) is 18.1 Å². The van der Waals surface area contributed by atoms with Gasteiger partial charge in [0.25, 0.3) is 0 Å². The minimum Gasteiger partial charge on any atom is -0.481 e. The Morgan fingerprint density at radius 1 is 1.29 bits per heavy atom. The lowest BCUT2D eigenvalue weighted by Gasteiger charge is -2.38. The predicted molar refractivity (Wildman–Crippen MR) is 75.7 cm³/mol. The largest absolute Gasteiger partial charge is 0.481 e. The summed E-state index contributed by atoms with van der Waals surface area (Å²) in [6.07, 6.45) is 4.37. The number of hydrogen-bond acceptors (Lipinski definition) is 3. The third-order valence-corrected chi connectivity index (χ3v) is 5.45. The first-order valence-electron chi connectivity index (χ1n) is 7.88. The average Bonchev–Trinajstić information content (AvgIpc) is 2.97. The first-order chi connectivity index (χ1) is 9.87. The summed E-state index contributed by atoms with van der Waals surface area (Å²) in [5.41, 5.74) is -0.837. The van der Waals surface area contributed by atoms with E-state index in [4.69, 9.17) is 0 Å². The van der Waals surface area contributed by atoms with E-state index < -0.39 is 17.5 Å². The monoisotopic (exact) mass is 296 g/mol. The molecular formula is C15H24N2O4. The van der Waals surface area contributed by atoms with Crippen molar-refractivity contribution in [2.24, 2.45) is 17.8 Å². The van der Waals surface area contributed by atoms with Crippen molar-refractivity contribution < 1.29 is 19.8 Å². The van der Waals surface area contributed by atoms with E-state index in [0.29, 0.717) is 25.4 Å². The van der Waals surface area contributed by atoms with Crippen LogP contribution in [0.4, 0.5) is 4.79 Å². The molecule has 6 nitrogen and oxygen atoms in total. The fraction of sp³-hybridized carbons (Fsp3) is 0.867. The standard InChI is InChI=1S/C15H24N2O4/c1-15(21)5-2-6-17(8-15)14(20)16-12-10-4-3-9(7-10)11(12)13(18)19/h9-12,21H,2-8H2,1H3,(H,16,20)(H,18,19). The van der Waals surface area contributed by atoms with Gasteiger partial charge in [-0.25, -0.2) is 4.79 Å². The third-order valence-electron chi connectivity index (χ3n) is 5.45. The van der Waals surface area contributed by atoms with Crippen LogP contribution in [0, 0.1) is 17.8 Å². The summed E-state index contributed by atoms with van der Waals surface area (Å²) < 4.78 is 0. The van der Waals surface area contributed by atoms with Crippen molar-refractivity contribution in [3.8, 4) is 0 Å². The molecule has 1 heterocycles. The maximum absolute atomic E-state index is 12.4. The second kappa shape index (κ2) is 5.16. The van der Waals surface area contributed by atoms with Gasteiger partial charge in [-0.05, 0) is 50.9 Å². The molecule has 3 fully saturated rings. The van der Waals surface area contributed by atoms with E-state index in [1.807, 2.05) is 0 Å². The highest BCUT2D eigenvalue weighted by Gasteiger charge is 2.52. The van der Waals surface area contributed by atoms with Crippen molar-refractivity contribution in [1.29, 1.82) is 0 Å². The molecule has 21 heavy (non-hydrogen) atoms. The Hall–Kier alpha value is -1.30. The van der Waals surface area contributed by atoms with Gasteiger partial charge in [-0.3, -0.25) is 4.79 Å². The Morgan fingerprint density at radius 3 is 2.67 bits per heavy atom. The molecule has 3 rings (SSSR count). The zero-order valence-corrected chi connectivity index (χ0v) is 12.4. The highest BCUT2D eigenvalue weighted by atomic mass is 16.4. The Bertz CT molecular complexity index is 451. The lowest BCUT2D eigenvalue weighted by atomic mass is 9.84. The van der Waals surface area contributed by atoms with Crippen LogP contribution < -0.4 is 5.32 Å². The van der Waals surface area contributed by atoms with E-state index in [-0.39, 0.29) is 18.0 Å². The molecular weight excluding hydrogens is 272 g/mol. The molecule has 6 heteroatoms. The van der Waals surface area contributed by atoms with Gasteiger partial charge in [-0.15, -0.1) is 0 Å². The Kier molecular flexibility index (Phi) is 3.59. The van der Waals surface area contributed by atoms with Crippen LogP contribution in [-0.2, 0) is 4.79 Å². The van der Waals surface area contributed by atoms with Crippen LogP contribution in [0.5, 0.6) is 0 Å². The minimum absolute atomic E-state index is 0.210. The van der Waals surface area contributed by atoms with Gasteiger partial charge in [-0.2, -0.15) is 0 Å². The van der Waals surface area contributed by atoms with Crippen LogP contribution >= 0.6 is 0 Å². The number of nitrogens with zero attached hydrogens (tertiary/aromatic N) is 1. The molecule has 2 bridgehead atoms. The molecule has 5 atom stereocenters. The number of β-amino-alcohol motifs (C(OH)–C–C–N with tert-alkyl or cyclic N) is 1. The minimum atomic E-state index is -0.837. The zero-order chi connectivity index (χ0) is 15.2. The molecule has 2 aliphatic carbocycles. The van der Waals surface area contributed by atoms with Gasteiger partial charge in [0, 0.05) is 12.6 Å². The van der Waals surface area contributed by atoms with Crippen LogP contribution in [0.25, 0.3) is 0 Å². The van der Waals surface area contributed by atoms with E-state index in [0.717, 1.165) is 25.7 Å². The predicted octanol–water partition coefficient (Wildman–Crippen LogP) is 1.04. The van der Waals surface area contributed by atoms with Crippen LogP contribution in [0.15, 0.2) is 0 Å². The average molecular weight is 296 g/mol. The van der Waals surface area contributed by atoms with E-state index >= 15 is 0 Å². The summed E-state index contributed by atoms with van der Waals surface area (Å²) >= 11 is 0. The molecule has 3 N–H and O–H groups in total. The van der Waals surface area contributed by atoms with E-state index in [2.05, 4.69) is 5.32 Å². The quantitative estimate of drug-likeness (QED) is 0.710. The first kappa shape index (κ1) is 14.6. The van der Waals surface area contributed by atoms with E-state index in [1.54, 1.807) is 11.8 Å². The van der Waals surface area contributed by atoms with Crippen LogP contribution in [-0.4, -0.2) is 51.8 Å². The van der Waals surface area contributed by atoms with Crippen molar-refractivity contribution in [1.82, 2.24) is 10.2 Å². The van der Waals surface area contributed by atoms with Crippen molar-refractivity contribution >= 4 is 12.0 Å². The summed E-state index contributed by atoms with van der Waals surface area (Å²) in [5, 5.41) is 22.4. The number of carboxylic acids is 1. The number of aliphatic hydroxyl groups is 1. The number of fused-ring (bicyclic) bond motifs is 2. The van der Waals surface area contributed by atoms with Gasteiger partial charge in [0.2, 0.25) is 0 Å². The van der Waals surface area contributed by atoms with Crippen LogP contribution in [0.3, 0.4) is 0 Å². The molecule has 2 saturated carbocycles. The molecule has 5 unspecified atom stereocenters. The second-order valence-electron chi connectivity index (χ2n) is 7.19. The van der Waals surface area contributed by atoms with Crippen molar-refractivity contribution in [2.45, 2.75) is 50.7 Å². The first-order valence-corrected chi connectivity index (χ1v) is 7.88. The van der Waals surface area contributed by atoms with E-state index in [1.165, 1.54) is 0 Å². The summed E-state index contributed by atoms with van der Waals surface area (Å²) in [6.45, 7) is 2.68. The van der Waals surface area contributed by atoms with Crippen LogP contribution in [0.2, 0.25) is 0 Å². The van der Waals surface area contributed by atoms with Gasteiger partial charge in [0.1, 0.15) is 0 Å². The molecule has 0 aromatic rings. The van der Waals surface area contributed by atoms with Crippen molar-refractivity contribution in [3.63, 3.8) is 0 Å². The molecule has 1 aliphatic heterocycles. The van der Waals surface area contributed by atoms with Gasteiger partial charge < -0.3 is 20.4 Å². The van der Waals surface area contributed by atoms with Crippen LogP contribution in [0.1, 0.15) is 39.0 Å². The number of piperidine rings is 1. The number of aliphatic carboxylic acids is 1. The SMILES string of the molecule is CC1(O)CCCN(C(=O)NC2C3CCC(C3)C2C(=O)O)C1. The highest BCUT2D eigenvalue weighted by molar-refractivity contribution is 5.78. The summed E-state index contributed by atoms with van der Waals surface area (Å²) in [4.78, 5) is 25.5. The number of hydrogen-bond donors (Lipinski definition) is 3. The van der Waals surface area contributed by atoms with Gasteiger partial charge in [0.15, 0.2) is 0 Å². The van der Waals surface area contributed by atoms with Gasteiger partial charge in [-0.1, -0.05) is 0 Å². The Morgan fingerprint density at radius 2 is 2.00 bits per heavy atom. The number of rotatable bonds is 2. The van der Waals surface area contributed by atoms with Crippen molar-refractivity contribution in [2.75, 3.05) is 13.1 Å². The number of carboxylic acid groups (broad SMARTS) is 1. The second-order valence-corrected chi connectivity index (χ2v) is 7.19. The number of carbonyl (C=O) groups excluding carboxylic acids is 1. The number of likely N-dealkylation sites (tertiary alicyclic amines) is 1. The topological polar surface area (TPSA) is 89.9 Å². The third kappa shape index (κ3) is 2.73. The zero-order valence-electron chi connectivity index (χ0n) is 12.4. The Balaban J connectivity index is 1.65. The molecule has 1 saturated heterocycles. The molecule has 0 spiro atoms. The van der Waals surface area contributed by atoms with Crippen molar-refractivity contribution in [3.05, 3.63) is 0 Å². The fourth-order valence-corrected chi connectivity index (χ4v) is 4.48.